The topological polar surface area (TPSA) is 527 Å². The molecule has 21 rings (SSSR count). The molecule has 0 bridgehead atoms. The van der Waals surface area contributed by atoms with Crippen molar-refractivity contribution in [3.63, 3.8) is 0 Å². The molecule has 5 aromatic carbocycles. The number of rotatable bonds is 21. The third kappa shape index (κ3) is 22.3. The van der Waals surface area contributed by atoms with Crippen LogP contribution in [0.3, 0.4) is 0 Å². The standard InChI is InChI=1S/C25H27N7O.3C21H20N6O.C20H18N6O/c1-2-16-5-3-4-6-20(16)22-11-17-12-23(28-14-21(17)24(26)30-22)31-25(33)18-13-29-32(15-18)19-7-9-27-10-8-19;1-3-13-6-4-5-7-16(13)18-8-14-9-19(23-11-17(14)20(22)25-18)26-21(28)15-10-24-27(2)12-15;1-3-13-6-4-5-7-15(13)17-9-14-10-19(23-11-16(14)20(22)24-17)25-21(28)18-8-12(2)26-27-18;1-3-13-6-4-5-7-15(13)17-10-14-11-19(23-12-16(14)20(22)25-17)26-21(28)18-8-9-24-27(18)2;1-2-12-5-3-4-6-14(12)17-9-13-10-18(22-11-15(13)19(21)24-17)25-20(27)16-7-8-23-26-16/h3-6,11-15,19,27H,2,7-10H2,1H3,(H2,26,30)(H,28,31,33);4-12H,3H2,1-2H3,(H2,22,25)(H,23,26,28);4-11H,3H2,1-2H3,(H2,22,24)(H,26,27)(H,23,25,28);4-12H,3H2,1-2H3,(H2,22,25)(H,23,26,28);3-11H,2H2,1H3,(H2,21,24)(H,23,26)(H,22,25,27). The van der Waals surface area contributed by atoms with Crippen LogP contribution in [0.15, 0.2) is 268 Å². The van der Waals surface area contributed by atoms with E-state index in [0.717, 1.165) is 174 Å². The van der Waals surface area contributed by atoms with Crippen molar-refractivity contribution >= 4 is 142 Å². The molecule has 0 aliphatic carbocycles. The number of anilines is 10. The first-order valence-electron chi connectivity index (χ1n) is 47.0. The fourth-order valence-electron chi connectivity index (χ4n) is 17.0. The number of carbonyl (C=O) groups is 5. The third-order valence-corrected chi connectivity index (χ3v) is 24.6. The number of carbonyl (C=O) groups excluding carboxylic acids is 5. The number of aromatic nitrogens is 20. The maximum absolute atomic E-state index is 12.8. The number of pyridine rings is 10. The van der Waals surface area contributed by atoms with E-state index in [1.807, 2.05) is 139 Å². The number of benzene rings is 5. The van der Waals surface area contributed by atoms with Crippen LogP contribution < -0.4 is 60.6 Å². The summed E-state index contributed by atoms with van der Waals surface area (Å²) < 4.78 is 4.98. The smallest absolute Gasteiger partial charge is 0.277 e. The monoisotopic (exact) mass is 1920 g/mol. The first-order chi connectivity index (χ1) is 69.9. The molecule has 0 saturated carbocycles. The average Bonchev–Trinajstić information content (AvgIpc) is 1.20. The second-order valence-corrected chi connectivity index (χ2v) is 34.1. The Kier molecular flexibility index (Phi) is 29.6. The first kappa shape index (κ1) is 96.9. The zero-order valence-electron chi connectivity index (χ0n) is 80.3. The Morgan fingerprint density at radius 3 is 1.01 bits per heavy atom. The summed E-state index contributed by atoms with van der Waals surface area (Å²) >= 11 is 0. The van der Waals surface area contributed by atoms with Gasteiger partial charge in [0.15, 0.2) is 5.69 Å². The maximum Gasteiger partial charge on any atom is 0.277 e. The summed E-state index contributed by atoms with van der Waals surface area (Å²) in [5.74, 6) is 2.87. The van der Waals surface area contributed by atoms with Crippen LogP contribution in [0, 0.1) is 6.92 Å². The molecule has 15 aromatic heterocycles. The second kappa shape index (κ2) is 43.9. The molecule has 722 valence electrons. The minimum absolute atomic E-state index is 0.236. The van der Waals surface area contributed by atoms with E-state index in [9.17, 15) is 24.0 Å². The molecular weight excluding hydrogens is 1810 g/mol. The number of H-pyrrole nitrogens is 2. The van der Waals surface area contributed by atoms with Gasteiger partial charge in [-0.25, -0.2) is 49.8 Å². The molecule has 1 saturated heterocycles. The molecule has 0 radical (unpaired) electrons. The molecule has 1 aliphatic rings. The Morgan fingerprint density at radius 1 is 0.361 bits per heavy atom. The molecule has 16 heterocycles. The van der Waals surface area contributed by atoms with E-state index in [-0.39, 0.29) is 29.5 Å². The molecule has 5 amide bonds. The Hall–Kier alpha value is -18.7. The fraction of sp³-hybridized carbons (Fsp3) is 0.167. The highest BCUT2D eigenvalue weighted by molar-refractivity contribution is 6.09. The molecule has 20 aromatic rings. The van der Waals surface area contributed by atoms with Crippen molar-refractivity contribution in [3.05, 3.63) is 330 Å². The van der Waals surface area contributed by atoms with E-state index < -0.39 is 0 Å². The largest absolute Gasteiger partial charge is 0.383 e. The number of nitrogens with two attached hydrogens (primary N) is 5. The molecule has 0 spiro atoms. The van der Waals surface area contributed by atoms with Crippen LogP contribution >= 0.6 is 0 Å². The quantitative estimate of drug-likeness (QED) is 0.0318. The number of amides is 5. The molecule has 36 heteroatoms. The number of hydrogen-bond donors (Lipinski definition) is 13. The van der Waals surface area contributed by atoms with Crippen molar-refractivity contribution in [2.75, 3.05) is 68.3 Å². The lowest BCUT2D eigenvalue weighted by Gasteiger charge is -2.22. The van der Waals surface area contributed by atoms with Crippen LogP contribution in [-0.2, 0) is 46.2 Å². The highest BCUT2D eigenvalue weighted by atomic mass is 16.2. The molecule has 1 aliphatic heterocycles. The zero-order chi connectivity index (χ0) is 101. The van der Waals surface area contributed by atoms with Gasteiger partial charge in [0.25, 0.3) is 29.5 Å². The van der Waals surface area contributed by atoms with E-state index in [0.29, 0.717) is 92.4 Å². The lowest BCUT2D eigenvalue weighted by atomic mass is 10.0. The van der Waals surface area contributed by atoms with Gasteiger partial charge >= 0.3 is 0 Å². The van der Waals surface area contributed by atoms with Crippen LogP contribution in [0.1, 0.15) is 139 Å². The maximum atomic E-state index is 12.8. The van der Waals surface area contributed by atoms with Gasteiger partial charge in [-0.2, -0.15) is 25.5 Å². The average molecular weight is 1920 g/mol. The van der Waals surface area contributed by atoms with Gasteiger partial charge in [-0.1, -0.05) is 156 Å². The van der Waals surface area contributed by atoms with E-state index in [1.54, 1.807) is 111 Å². The van der Waals surface area contributed by atoms with Gasteiger partial charge in [0.05, 0.1) is 58.0 Å². The van der Waals surface area contributed by atoms with Crippen LogP contribution in [0.25, 0.3) is 110 Å². The Balaban J connectivity index is 0.000000124. The number of fused-ring (bicyclic) bond motifs is 5. The summed E-state index contributed by atoms with van der Waals surface area (Å²) in [6.07, 6.45) is 24.4. The highest BCUT2D eigenvalue weighted by Crippen LogP contribution is 2.37. The normalized spacial score (nSPS) is 11.7. The van der Waals surface area contributed by atoms with Crippen molar-refractivity contribution in [2.24, 2.45) is 14.1 Å². The molecule has 18 N–H and O–H groups in total. The number of nitrogens with zero attached hydrogens (tertiary/aromatic N) is 18. The SMILES string of the molecule is CCc1ccccc1-c1cc2cc(NC(=O)c3cc(C)[nH]n3)ncc2c(N)n1.CCc1ccccc1-c1cc2cc(NC(=O)c3ccn[nH]3)ncc2c(N)n1.CCc1ccccc1-c1cc2cc(NC(=O)c3ccnn3C)ncc2c(N)n1.CCc1ccccc1-c1cc2cc(NC(=O)c3cnn(C)c3)ncc2c(N)n1.CCc1ccccc1-c1cc2cc(NC(=O)c3cnn(C4CCNCC4)c3)ncc2c(N)n1. The van der Waals surface area contributed by atoms with Gasteiger partial charge in [-0.3, -0.25) is 48.2 Å². The van der Waals surface area contributed by atoms with E-state index in [1.165, 1.54) is 44.9 Å². The second-order valence-electron chi connectivity index (χ2n) is 34.1. The van der Waals surface area contributed by atoms with E-state index in [2.05, 4.69) is 188 Å². The van der Waals surface area contributed by atoms with Crippen LogP contribution in [0.2, 0.25) is 0 Å². The summed E-state index contributed by atoms with van der Waals surface area (Å²) in [6.45, 7) is 14.3. The van der Waals surface area contributed by atoms with Gasteiger partial charge in [-0.15, -0.1) is 0 Å². The predicted molar refractivity (Wildman–Crippen MR) is 565 cm³/mol. The van der Waals surface area contributed by atoms with Gasteiger partial charge in [0.1, 0.15) is 69.6 Å². The van der Waals surface area contributed by atoms with Crippen LogP contribution in [0.4, 0.5) is 58.2 Å². The van der Waals surface area contributed by atoms with Crippen molar-refractivity contribution in [3.8, 4) is 56.3 Å². The molecule has 1 fully saturated rings. The van der Waals surface area contributed by atoms with E-state index >= 15 is 0 Å². The van der Waals surface area contributed by atoms with Crippen molar-refractivity contribution in [2.45, 2.75) is 92.5 Å². The molecule has 36 nitrogen and oxygen atoms in total. The minimum atomic E-state index is -0.324. The van der Waals surface area contributed by atoms with E-state index in [4.69, 9.17) is 28.7 Å². The number of piperidine rings is 1. The number of aromatic amines is 2. The highest BCUT2D eigenvalue weighted by Gasteiger charge is 2.24. The van der Waals surface area contributed by atoms with Crippen molar-refractivity contribution in [1.82, 2.24) is 105 Å². The lowest BCUT2D eigenvalue weighted by molar-refractivity contribution is 0.101. The minimum Gasteiger partial charge on any atom is -0.383 e. The number of nitrogen functional groups attached to an aromatic ring is 5. The third-order valence-electron chi connectivity index (χ3n) is 24.6. The summed E-state index contributed by atoms with van der Waals surface area (Å²) in [6, 6.07) is 64.8. The molecule has 144 heavy (non-hydrogen) atoms. The summed E-state index contributed by atoms with van der Waals surface area (Å²) in [5.41, 5.74) is 49.2. The summed E-state index contributed by atoms with van der Waals surface area (Å²) in [5, 5.41) is 51.0. The number of aryl methyl sites for hydroxylation is 8. The van der Waals surface area contributed by atoms with Gasteiger partial charge < -0.3 is 60.6 Å². The van der Waals surface area contributed by atoms with Gasteiger partial charge in [-0.05, 0) is 199 Å². The Labute approximate surface area is 827 Å². The van der Waals surface area contributed by atoms with Crippen molar-refractivity contribution < 1.29 is 24.0 Å². The van der Waals surface area contributed by atoms with Crippen LogP contribution in [0.5, 0.6) is 0 Å². The van der Waals surface area contributed by atoms with Gasteiger partial charge in [0, 0.05) is 130 Å². The summed E-state index contributed by atoms with van der Waals surface area (Å²) in [4.78, 5) is 106. The zero-order valence-corrected chi connectivity index (χ0v) is 80.3. The first-order valence-corrected chi connectivity index (χ1v) is 47.0. The van der Waals surface area contributed by atoms with Crippen LogP contribution in [-0.4, -0.2) is 142 Å². The molecular formula is C108H105N31O5. The predicted octanol–water partition coefficient (Wildman–Crippen LogP) is 17.8. The molecule has 0 unspecified atom stereocenters. The molecule has 0 atom stereocenters. The van der Waals surface area contributed by atoms with Gasteiger partial charge in [0.2, 0.25) is 0 Å². The Bertz CT molecular complexity index is 7980. The number of nitrogens with one attached hydrogen (secondary N) is 8. The summed E-state index contributed by atoms with van der Waals surface area (Å²) in [7, 11) is 3.48. The van der Waals surface area contributed by atoms with Crippen molar-refractivity contribution in [1.29, 1.82) is 0 Å². The lowest BCUT2D eigenvalue weighted by Crippen LogP contribution is -2.29. The Morgan fingerprint density at radius 2 is 0.694 bits per heavy atom. The number of hydrogen-bond acceptors (Lipinski definition) is 26. The fourth-order valence-corrected chi connectivity index (χ4v) is 17.0.